The van der Waals surface area contributed by atoms with E-state index in [9.17, 15) is 4.79 Å². The van der Waals surface area contributed by atoms with Gasteiger partial charge in [0.2, 0.25) is 0 Å². The minimum atomic E-state index is -2.76. The van der Waals surface area contributed by atoms with E-state index in [-0.39, 0.29) is 29.1 Å². The Hall–Kier alpha value is -3.51. The van der Waals surface area contributed by atoms with E-state index in [2.05, 4.69) is 118 Å². The third-order valence-electron chi connectivity index (χ3n) is 8.30. The van der Waals surface area contributed by atoms with Crippen LogP contribution in [0.25, 0.3) is 0 Å². The molecule has 0 amide bonds. The zero-order valence-corrected chi connectivity index (χ0v) is 25.6. The summed E-state index contributed by atoms with van der Waals surface area (Å²) in [6, 6.07) is 41.2. The van der Waals surface area contributed by atoms with Gasteiger partial charge in [-0.25, -0.2) is 4.79 Å². The van der Waals surface area contributed by atoms with E-state index in [0.29, 0.717) is 12.2 Å². The van der Waals surface area contributed by atoms with Crippen LogP contribution in [0.4, 0.5) is 0 Å². The topological polar surface area (TPSA) is 38.8 Å². The van der Waals surface area contributed by atoms with E-state index < -0.39 is 8.32 Å². The van der Waals surface area contributed by atoms with Crippen LogP contribution in [-0.2, 0) is 15.7 Å². The molecule has 1 fully saturated rings. The summed E-state index contributed by atoms with van der Waals surface area (Å²) in [4.78, 5) is 15.7. The van der Waals surface area contributed by atoms with Crippen LogP contribution in [0.3, 0.4) is 0 Å². The number of hydrogen-bond donors (Lipinski definition) is 0. The number of nitrogens with zero attached hydrogens (tertiary/aromatic N) is 1. The average Bonchev–Trinajstić information content (AvgIpc) is 3.27. The molecule has 0 radical (unpaired) electrons. The van der Waals surface area contributed by atoms with Crippen molar-refractivity contribution in [3.05, 3.63) is 132 Å². The third-order valence-corrected chi connectivity index (χ3v) is 13.3. The molecular weight excluding hydrogens is 522 g/mol. The van der Waals surface area contributed by atoms with Crippen LogP contribution in [0.1, 0.15) is 43.6 Å². The third kappa shape index (κ3) is 6.23. The van der Waals surface area contributed by atoms with Crippen molar-refractivity contribution < 1.29 is 14.0 Å². The largest absolute Gasteiger partial charge is 0.457 e. The van der Waals surface area contributed by atoms with Gasteiger partial charge in [0, 0.05) is 19.0 Å². The second-order valence-corrected chi connectivity index (χ2v) is 16.5. The van der Waals surface area contributed by atoms with Crippen LogP contribution in [0.5, 0.6) is 0 Å². The quantitative estimate of drug-likeness (QED) is 0.177. The Bertz CT molecular complexity index is 1350. The first-order valence-corrected chi connectivity index (χ1v) is 16.5. The summed E-state index contributed by atoms with van der Waals surface area (Å²) < 4.78 is 13.7. The molecular formula is C36H41NO3Si. The van der Waals surface area contributed by atoms with E-state index in [1.807, 2.05) is 36.4 Å². The summed E-state index contributed by atoms with van der Waals surface area (Å²) in [5, 5.41) is 2.36. The number of hydrogen-bond acceptors (Lipinski definition) is 4. The number of carbonyl (C=O) groups is 1. The summed E-state index contributed by atoms with van der Waals surface area (Å²) >= 11 is 0. The molecule has 41 heavy (non-hydrogen) atoms. The Morgan fingerprint density at radius 3 is 1.78 bits per heavy atom. The van der Waals surface area contributed by atoms with Crippen molar-refractivity contribution >= 4 is 24.7 Å². The summed E-state index contributed by atoms with van der Waals surface area (Å²) in [6.07, 6.45) is -0.287. The molecule has 5 rings (SSSR count). The Balaban J connectivity index is 1.52. The normalized spacial score (nSPS) is 19.7. The minimum absolute atomic E-state index is 0.0838. The van der Waals surface area contributed by atoms with Crippen LogP contribution in [0, 0.1) is 5.92 Å². The first kappa shape index (κ1) is 29.0. The molecule has 1 saturated heterocycles. The second kappa shape index (κ2) is 12.6. The summed E-state index contributed by atoms with van der Waals surface area (Å²) in [5.41, 5.74) is 1.82. The fraction of sp³-hybridized carbons (Fsp3) is 0.306. The van der Waals surface area contributed by atoms with Crippen LogP contribution >= 0.6 is 0 Å². The fourth-order valence-corrected chi connectivity index (χ4v) is 10.9. The highest BCUT2D eigenvalue weighted by atomic mass is 28.4. The molecule has 1 heterocycles. The number of esters is 1. The molecule has 0 bridgehead atoms. The van der Waals surface area contributed by atoms with E-state index in [1.165, 1.54) is 15.9 Å². The van der Waals surface area contributed by atoms with Gasteiger partial charge in [-0.15, -0.1) is 0 Å². The summed E-state index contributed by atoms with van der Waals surface area (Å²) in [7, 11) is -2.76. The van der Waals surface area contributed by atoms with E-state index in [0.717, 1.165) is 13.1 Å². The van der Waals surface area contributed by atoms with Crippen molar-refractivity contribution in [3.63, 3.8) is 0 Å². The molecule has 1 aliphatic rings. The van der Waals surface area contributed by atoms with Crippen molar-refractivity contribution in [2.24, 2.45) is 5.92 Å². The van der Waals surface area contributed by atoms with Crippen LogP contribution in [0.15, 0.2) is 121 Å². The van der Waals surface area contributed by atoms with Crippen LogP contribution < -0.4 is 10.4 Å². The SMILES string of the molecule is C[C@@H]1CN(Cc2ccccc2)[C@@H](CO[Si](c2ccccc2)(c2ccccc2)C(C)(C)C)[C@@H]1OC(=O)c1ccccc1. The minimum Gasteiger partial charge on any atom is -0.457 e. The average molecular weight is 564 g/mol. The van der Waals surface area contributed by atoms with Crippen molar-refractivity contribution in [1.82, 2.24) is 4.90 Å². The van der Waals surface area contributed by atoms with Gasteiger partial charge in [-0.05, 0) is 33.1 Å². The molecule has 0 saturated carbocycles. The Morgan fingerprint density at radius 1 is 0.780 bits per heavy atom. The smallest absolute Gasteiger partial charge is 0.338 e. The molecule has 5 heteroatoms. The maximum absolute atomic E-state index is 13.3. The van der Waals surface area contributed by atoms with Gasteiger partial charge < -0.3 is 9.16 Å². The molecule has 3 atom stereocenters. The zero-order valence-electron chi connectivity index (χ0n) is 24.6. The van der Waals surface area contributed by atoms with Crippen molar-refractivity contribution in [2.45, 2.75) is 51.4 Å². The van der Waals surface area contributed by atoms with Gasteiger partial charge in [0.25, 0.3) is 8.32 Å². The standard InChI is InChI=1S/C36H41NO3Si/c1-28-25-37(26-29-17-9-5-10-18-29)33(34(28)40-35(38)30-19-11-6-12-20-30)27-39-41(36(2,3)4,31-21-13-7-14-22-31)32-23-15-8-16-24-32/h5-24,28,33-34H,25-27H2,1-4H3/t28-,33+,34-/m1/s1. The van der Waals surface area contributed by atoms with Gasteiger partial charge in [0.15, 0.2) is 0 Å². The van der Waals surface area contributed by atoms with Gasteiger partial charge in [0.05, 0.1) is 18.2 Å². The molecule has 0 N–H and O–H groups in total. The zero-order chi connectivity index (χ0) is 28.9. The Morgan fingerprint density at radius 2 is 1.27 bits per heavy atom. The molecule has 212 valence electrons. The lowest BCUT2D eigenvalue weighted by Crippen LogP contribution is -2.67. The molecule has 0 spiro atoms. The number of rotatable bonds is 9. The lowest BCUT2D eigenvalue weighted by atomic mass is 10.0. The highest BCUT2D eigenvalue weighted by Crippen LogP contribution is 2.38. The maximum atomic E-state index is 13.3. The summed E-state index contributed by atoms with van der Waals surface area (Å²) in [6.45, 7) is 11.2. The molecule has 0 aromatic heterocycles. The lowest BCUT2D eigenvalue weighted by Gasteiger charge is -2.44. The molecule has 4 aromatic carbocycles. The van der Waals surface area contributed by atoms with E-state index >= 15 is 0 Å². The molecule has 4 aromatic rings. The lowest BCUT2D eigenvalue weighted by molar-refractivity contribution is 0.00387. The first-order chi connectivity index (χ1) is 19.8. The number of benzene rings is 4. The Kier molecular flexibility index (Phi) is 8.88. The van der Waals surface area contributed by atoms with Crippen molar-refractivity contribution in [2.75, 3.05) is 13.2 Å². The maximum Gasteiger partial charge on any atom is 0.338 e. The molecule has 4 nitrogen and oxygen atoms in total. The molecule has 0 aliphatic carbocycles. The van der Waals surface area contributed by atoms with Crippen LogP contribution in [0.2, 0.25) is 5.04 Å². The van der Waals surface area contributed by atoms with E-state index in [1.54, 1.807) is 0 Å². The Labute approximate surface area is 246 Å². The van der Waals surface area contributed by atoms with Crippen LogP contribution in [-0.4, -0.2) is 44.5 Å². The second-order valence-electron chi connectivity index (χ2n) is 12.2. The predicted molar refractivity (Wildman–Crippen MR) is 169 cm³/mol. The van der Waals surface area contributed by atoms with Crippen molar-refractivity contribution in [3.8, 4) is 0 Å². The van der Waals surface area contributed by atoms with Gasteiger partial charge >= 0.3 is 5.97 Å². The number of likely N-dealkylation sites (tertiary alicyclic amines) is 1. The highest BCUT2D eigenvalue weighted by Gasteiger charge is 2.52. The number of ether oxygens (including phenoxy) is 1. The fourth-order valence-electron chi connectivity index (χ4n) is 6.33. The van der Waals surface area contributed by atoms with E-state index in [4.69, 9.17) is 9.16 Å². The van der Waals surface area contributed by atoms with Crippen molar-refractivity contribution in [1.29, 1.82) is 0 Å². The first-order valence-electron chi connectivity index (χ1n) is 14.6. The summed E-state index contributed by atoms with van der Waals surface area (Å²) in [5.74, 6) is -0.112. The van der Waals surface area contributed by atoms with Gasteiger partial charge in [0.1, 0.15) is 6.10 Å². The molecule has 0 unspecified atom stereocenters. The molecule has 1 aliphatic heterocycles. The van der Waals surface area contributed by atoms with Gasteiger partial charge in [-0.3, -0.25) is 4.90 Å². The highest BCUT2D eigenvalue weighted by molar-refractivity contribution is 6.99. The monoisotopic (exact) mass is 563 g/mol. The van der Waals surface area contributed by atoms with Gasteiger partial charge in [-0.1, -0.05) is 137 Å². The number of carbonyl (C=O) groups excluding carboxylic acids is 1. The predicted octanol–water partition coefficient (Wildman–Crippen LogP) is 6.31. The van der Waals surface area contributed by atoms with Gasteiger partial charge in [-0.2, -0.15) is 0 Å².